The molecule has 0 saturated carbocycles. The Hall–Kier alpha value is -5.86. The minimum Gasteiger partial charge on any atom is -0.456 e. The Labute approximate surface area is 268 Å². The number of para-hydroxylation sites is 1. The Morgan fingerprint density at radius 1 is 0.386 bits per heavy atom. The van der Waals surface area contributed by atoms with Gasteiger partial charge in [-0.05, 0) is 81.8 Å². The average molecular weight is 572 g/mol. The zero-order valence-corrected chi connectivity index (χ0v) is 23.5. The fourth-order valence-electron chi connectivity index (χ4n) is 5.51. The lowest BCUT2D eigenvalue weighted by Gasteiger charge is -2.26. The number of hydrogen-bond acceptors (Lipinski definition) is 2. The Balaban J connectivity index is 1.37. The second-order valence-electron chi connectivity index (χ2n) is 10.3. The molecule has 0 amide bonds. The molecule has 1 aromatic heterocycles. The van der Waals surface area contributed by atoms with Gasteiger partial charge in [0.05, 0.1) is 11.0 Å². The molecule has 44 heavy (non-hydrogen) atoms. The first kappa shape index (κ1) is 18.6. The van der Waals surface area contributed by atoms with E-state index in [2.05, 4.69) is 0 Å². The topological polar surface area (TPSA) is 16.4 Å². The van der Waals surface area contributed by atoms with Crippen LogP contribution in [0, 0.1) is 0 Å². The first-order valence-electron chi connectivity index (χ1n) is 18.3. The number of nitrogens with zero attached hydrogens (tertiary/aromatic N) is 1. The van der Waals surface area contributed by atoms with Gasteiger partial charge in [-0.1, -0.05) is 127 Å². The van der Waals surface area contributed by atoms with E-state index < -0.39 is 0 Å². The van der Waals surface area contributed by atoms with Gasteiger partial charge in [0.15, 0.2) is 0 Å². The van der Waals surface area contributed by atoms with Crippen molar-refractivity contribution in [1.29, 1.82) is 0 Å². The molecule has 208 valence electrons. The zero-order valence-electron chi connectivity index (χ0n) is 31.5. The van der Waals surface area contributed by atoms with Crippen LogP contribution in [0.1, 0.15) is 11.0 Å². The Morgan fingerprint density at radius 3 is 1.50 bits per heavy atom. The van der Waals surface area contributed by atoms with Gasteiger partial charge in [-0.3, -0.25) is 0 Å². The minimum atomic E-state index is -0.387. The molecule has 0 bridgehead atoms. The lowest BCUT2D eigenvalue weighted by Crippen LogP contribution is -2.09. The second-order valence-corrected chi connectivity index (χ2v) is 10.3. The van der Waals surface area contributed by atoms with E-state index in [4.69, 9.17) is 9.90 Å². The fraction of sp³-hybridized carbons (Fsp3) is 0. The summed E-state index contributed by atoms with van der Waals surface area (Å²) in [4.78, 5) is 1.32. The number of anilines is 3. The van der Waals surface area contributed by atoms with Crippen molar-refractivity contribution in [1.82, 2.24) is 0 Å². The molecule has 0 radical (unpaired) electrons. The van der Waals surface area contributed by atoms with Gasteiger partial charge < -0.3 is 9.32 Å². The van der Waals surface area contributed by atoms with Gasteiger partial charge in [0.2, 0.25) is 0 Å². The fourth-order valence-corrected chi connectivity index (χ4v) is 5.51. The van der Waals surface area contributed by atoms with Crippen LogP contribution in [0.5, 0.6) is 0 Å². The maximum Gasteiger partial charge on any atom is 0.136 e. The highest BCUT2D eigenvalue weighted by Gasteiger charge is 2.16. The monoisotopic (exact) mass is 571 g/mol. The summed E-state index contributed by atoms with van der Waals surface area (Å²) in [5.74, 6) is 0. The quantitative estimate of drug-likeness (QED) is 0.197. The smallest absolute Gasteiger partial charge is 0.136 e. The van der Waals surface area contributed by atoms with E-state index in [1.165, 1.54) is 4.90 Å². The van der Waals surface area contributed by atoms with Crippen molar-refractivity contribution >= 4 is 39.0 Å². The molecular weight excluding hydrogens is 534 g/mol. The first-order valence-corrected chi connectivity index (χ1v) is 14.3. The van der Waals surface area contributed by atoms with Gasteiger partial charge in [-0.25, -0.2) is 0 Å². The number of fused-ring (bicyclic) bond motifs is 3. The predicted octanol–water partition coefficient (Wildman–Crippen LogP) is 12.1. The number of rotatable bonds is 6. The summed E-state index contributed by atoms with van der Waals surface area (Å²) in [7, 11) is 0. The Bertz CT molecular complexity index is 2490. The van der Waals surface area contributed by atoms with Crippen LogP contribution >= 0.6 is 0 Å². The molecule has 2 heteroatoms. The van der Waals surface area contributed by atoms with E-state index in [0.717, 1.165) is 33.1 Å². The Kier molecular flexibility index (Phi) is 4.70. The van der Waals surface area contributed by atoms with Crippen molar-refractivity contribution in [3.05, 3.63) is 176 Å². The molecule has 2 nitrogen and oxygen atoms in total. The van der Waals surface area contributed by atoms with Gasteiger partial charge >= 0.3 is 0 Å². The van der Waals surface area contributed by atoms with Crippen molar-refractivity contribution in [2.24, 2.45) is 0 Å². The van der Waals surface area contributed by atoms with E-state index >= 15 is 0 Å². The van der Waals surface area contributed by atoms with Crippen molar-refractivity contribution in [3.8, 4) is 33.4 Å². The summed E-state index contributed by atoms with van der Waals surface area (Å²) in [6.45, 7) is 0. The predicted molar refractivity (Wildman–Crippen MR) is 185 cm³/mol. The summed E-state index contributed by atoms with van der Waals surface area (Å²) < 4.78 is 79.3. The van der Waals surface area contributed by atoms with Gasteiger partial charge in [-0.15, -0.1) is 0 Å². The standard InChI is InChI=1S/C42H29NO/c1-3-10-30(11-4-1)32-18-24-35(25-19-32)43(36-26-20-33(21-27-36)31-12-5-2-6-13-31)37-28-22-34(23-29-37)38-15-9-17-41-42(38)39-14-7-8-16-40(39)44-41/h1-29H/i18D,19D,20D,21D,24D,25D,26D,27D. The molecule has 0 N–H and O–H groups in total. The van der Waals surface area contributed by atoms with Gasteiger partial charge in [0, 0.05) is 27.8 Å². The third kappa shape index (κ3) is 4.73. The molecule has 0 spiro atoms. The first-order chi connectivity index (χ1) is 25.2. The molecule has 8 aromatic rings. The van der Waals surface area contributed by atoms with Crippen LogP contribution in [-0.4, -0.2) is 0 Å². The molecule has 0 aliphatic heterocycles. The second kappa shape index (κ2) is 11.1. The molecule has 1 heterocycles. The van der Waals surface area contributed by atoms with E-state index in [1.54, 1.807) is 72.8 Å². The van der Waals surface area contributed by atoms with Crippen LogP contribution < -0.4 is 4.90 Å². The van der Waals surface area contributed by atoms with Crippen LogP contribution in [-0.2, 0) is 0 Å². The highest BCUT2D eigenvalue weighted by atomic mass is 16.3. The van der Waals surface area contributed by atoms with Crippen LogP contribution in [0.3, 0.4) is 0 Å². The largest absolute Gasteiger partial charge is 0.456 e. The molecule has 0 fully saturated rings. The molecule has 0 aliphatic rings. The molecular formula is C42H29NO. The lowest BCUT2D eigenvalue weighted by atomic mass is 9.99. The minimum absolute atomic E-state index is 0.120. The van der Waals surface area contributed by atoms with Crippen molar-refractivity contribution in [2.75, 3.05) is 4.90 Å². The molecule has 0 aliphatic carbocycles. The normalized spacial score (nSPS) is 13.7. The third-order valence-corrected chi connectivity index (χ3v) is 7.63. The molecule has 8 rings (SSSR count). The zero-order chi connectivity index (χ0) is 36.3. The third-order valence-electron chi connectivity index (χ3n) is 7.63. The van der Waals surface area contributed by atoms with Gasteiger partial charge in [0.25, 0.3) is 0 Å². The summed E-state index contributed by atoms with van der Waals surface area (Å²) in [6.07, 6.45) is 0. The summed E-state index contributed by atoms with van der Waals surface area (Å²) >= 11 is 0. The molecule has 0 saturated heterocycles. The number of benzene rings is 7. The van der Waals surface area contributed by atoms with Crippen LogP contribution in [0.15, 0.2) is 180 Å². The van der Waals surface area contributed by atoms with Crippen molar-refractivity contribution in [2.45, 2.75) is 0 Å². The Morgan fingerprint density at radius 2 is 0.909 bits per heavy atom. The number of furan rings is 1. The molecule has 0 atom stereocenters. The highest BCUT2D eigenvalue weighted by Crippen LogP contribution is 2.40. The van der Waals surface area contributed by atoms with E-state index in [0.29, 0.717) is 16.8 Å². The van der Waals surface area contributed by atoms with Crippen LogP contribution in [0.25, 0.3) is 55.3 Å². The number of hydrogen-bond donors (Lipinski definition) is 0. The molecule has 0 unspecified atom stereocenters. The maximum atomic E-state index is 9.24. The summed E-state index contributed by atoms with van der Waals surface area (Å²) in [6, 6.07) is 35.6. The summed E-state index contributed by atoms with van der Waals surface area (Å²) in [5, 5.41) is 1.90. The summed E-state index contributed by atoms with van der Waals surface area (Å²) in [5.41, 5.74) is 4.44. The van der Waals surface area contributed by atoms with Gasteiger partial charge in [-0.2, -0.15) is 0 Å². The van der Waals surface area contributed by atoms with Crippen LogP contribution in [0.2, 0.25) is 0 Å². The van der Waals surface area contributed by atoms with Crippen LogP contribution in [0.4, 0.5) is 17.1 Å². The van der Waals surface area contributed by atoms with E-state index in [9.17, 15) is 5.48 Å². The maximum absolute atomic E-state index is 9.24. The molecule has 7 aromatic carbocycles. The SMILES string of the molecule is [2H]c1c([2H])c(N(c2ccc(-c3cccc4oc5ccccc5c34)cc2)c2c([2H])c([2H])c(-c3ccccc3)c([2H])c2[2H])c([2H])c([2H])c1-c1ccccc1. The van der Waals surface area contributed by atoms with E-state index in [-0.39, 0.29) is 70.8 Å². The lowest BCUT2D eigenvalue weighted by molar-refractivity contribution is 0.669. The van der Waals surface area contributed by atoms with Gasteiger partial charge in [0.1, 0.15) is 11.2 Å². The van der Waals surface area contributed by atoms with Crippen molar-refractivity contribution < 1.29 is 15.4 Å². The van der Waals surface area contributed by atoms with E-state index in [1.807, 2.05) is 54.6 Å². The highest BCUT2D eigenvalue weighted by molar-refractivity contribution is 6.12. The van der Waals surface area contributed by atoms with Crippen molar-refractivity contribution in [3.63, 3.8) is 0 Å². The average Bonchev–Trinajstić information content (AvgIpc) is 3.56.